The molecule has 0 radical (unpaired) electrons. The molecule has 11 nitrogen and oxygen atoms in total. The number of nitrogens with one attached hydrogen (secondary N) is 1. The van der Waals surface area contributed by atoms with Gasteiger partial charge in [-0.2, -0.15) is 0 Å². The SMILES string of the molecule is CCOC(=O)c1nnn(CC(=O)Nc2ccccc2C(N)=O)c1C(=O)OCC. The summed E-state index contributed by atoms with van der Waals surface area (Å²) in [6, 6.07) is 6.16. The molecular weight excluding hydrogens is 370 g/mol. The van der Waals surface area contributed by atoms with Crippen molar-refractivity contribution < 1.29 is 28.7 Å². The second-order valence-electron chi connectivity index (χ2n) is 5.34. The second kappa shape index (κ2) is 9.26. The molecule has 3 N–H and O–H groups in total. The number of ether oxygens (including phenoxy) is 2. The van der Waals surface area contributed by atoms with Crippen LogP contribution in [0, 0.1) is 0 Å². The molecule has 0 atom stereocenters. The summed E-state index contributed by atoms with van der Waals surface area (Å²) >= 11 is 0. The van der Waals surface area contributed by atoms with Crippen molar-refractivity contribution in [2.75, 3.05) is 18.5 Å². The molecule has 1 aromatic heterocycles. The Hall–Kier alpha value is -3.76. The summed E-state index contributed by atoms with van der Waals surface area (Å²) < 4.78 is 10.7. The van der Waals surface area contributed by atoms with Crippen LogP contribution in [-0.4, -0.2) is 52.0 Å². The third-order valence-corrected chi connectivity index (χ3v) is 3.43. The van der Waals surface area contributed by atoms with Crippen LogP contribution in [-0.2, 0) is 20.8 Å². The van der Waals surface area contributed by atoms with E-state index >= 15 is 0 Å². The lowest BCUT2D eigenvalue weighted by Gasteiger charge is -2.10. The first kappa shape index (κ1) is 20.6. The van der Waals surface area contributed by atoms with Gasteiger partial charge in [0.1, 0.15) is 6.54 Å². The van der Waals surface area contributed by atoms with Crippen molar-refractivity contribution in [1.29, 1.82) is 0 Å². The Balaban J connectivity index is 2.28. The van der Waals surface area contributed by atoms with E-state index in [0.717, 1.165) is 4.68 Å². The summed E-state index contributed by atoms with van der Waals surface area (Å²) in [5.74, 6) is -3.08. The second-order valence-corrected chi connectivity index (χ2v) is 5.34. The van der Waals surface area contributed by atoms with Gasteiger partial charge in [-0.15, -0.1) is 5.10 Å². The molecule has 0 aliphatic carbocycles. The summed E-state index contributed by atoms with van der Waals surface area (Å²) in [7, 11) is 0. The van der Waals surface area contributed by atoms with Gasteiger partial charge in [-0.1, -0.05) is 17.3 Å². The van der Waals surface area contributed by atoms with E-state index in [1.807, 2.05) is 0 Å². The van der Waals surface area contributed by atoms with Crippen molar-refractivity contribution in [3.63, 3.8) is 0 Å². The Labute approximate surface area is 159 Å². The van der Waals surface area contributed by atoms with Crippen LogP contribution in [0.1, 0.15) is 45.2 Å². The largest absolute Gasteiger partial charge is 0.461 e. The van der Waals surface area contributed by atoms with Crippen molar-refractivity contribution in [2.45, 2.75) is 20.4 Å². The molecule has 0 saturated carbocycles. The van der Waals surface area contributed by atoms with Gasteiger partial charge < -0.3 is 20.5 Å². The molecule has 2 amide bonds. The van der Waals surface area contributed by atoms with E-state index in [-0.39, 0.29) is 35.9 Å². The molecule has 28 heavy (non-hydrogen) atoms. The Bertz CT molecular complexity index is 907. The first-order valence-corrected chi connectivity index (χ1v) is 8.35. The summed E-state index contributed by atoms with van der Waals surface area (Å²) in [5.41, 5.74) is 4.93. The minimum Gasteiger partial charge on any atom is -0.461 e. The van der Waals surface area contributed by atoms with Crippen molar-refractivity contribution in [1.82, 2.24) is 15.0 Å². The number of rotatable bonds is 8. The van der Waals surface area contributed by atoms with E-state index in [1.54, 1.807) is 26.0 Å². The lowest BCUT2D eigenvalue weighted by molar-refractivity contribution is -0.117. The molecule has 0 saturated heterocycles. The predicted octanol–water partition coefficient (Wildman–Crippen LogP) is 0.369. The molecule has 2 aromatic rings. The topological polar surface area (TPSA) is 155 Å². The Kier molecular flexibility index (Phi) is 6.79. The summed E-state index contributed by atoms with van der Waals surface area (Å²) in [5, 5.41) is 9.81. The van der Waals surface area contributed by atoms with Gasteiger partial charge in [0.2, 0.25) is 11.6 Å². The number of aromatic nitrogens is 3. The molecule has 0 unspecified atom stereocenters. The number of amides is 2. The summed E-state index contributed by atoms with van der Waals surface area (Å²) in [6.45, 7) is 2.83. The van der Waals surface area contributed by atoms with Gasteiger partial charge in [-0.25, -0.2) is 14.3 Å². The molecule has 0 spiro atoms. The first-order chi connectivity index (χ1) is 13.4. The minimum atomic E-state index is -0.874. The number of hydrogen-bond donors (Lipinski definition) is 2. The van der Waals surface area contributed by atoms with Crippen LogP contribution >= 0.6 is 0 Å². The monoisotopic (exact) mass is 389 g/mol. The molecule has 2 rings (SSSR count). The van der Waals surface area contributed by atoms with E-state index < -0.39 is 30.3 Å². The lowest BCUT2D eigenvalue weighted by atomic mass is 10.1. The fraction of sp³-hybridized carbons (Fsp3) is 0.294. The van der Waals surface area contributed by atoms with Crippen LogP contribution in [0.2, 0.25) is 0 Å². The molecule has 0 aliphatic heterocycles. The summed E-state index contributed by atoms with van der Waals surface area (Å²) in [6.07, 6.45) is 0. The average molecular weight is 389 g/mol. The van der Waals surface area contributed by atoms with Gasteiger partial charge >= 0.3 is 11.9 Å². The van der Waals surface area contributed by atoms with Crippen LogP contribution < -0.4 is 11.1 Å². The fourth-order valence-corrected chi connectivity index (χ4v) is 2.29. The lowest BCUT2D eigenvalue weighted by Crippen LogP contribution is -2.25. The Morgan fingerprint density at radius 1 is 1.07 bits per heavy atom. The molecule has 0 aliphatic rings. The first-order valence-electron chi connectivity index (χ1n) is 8.35. The number of benzene rings is 1. The highest BCUT2D eigenvalue weighted by Gasteiger charge is 2.28. The van der Waals surface area contributed by atoms with Crippen molar-refractivity contribution in [3.05, 3.63) is 41.2 Å². The van der Waals surface area contributed by atoms with Gasteiger partial charge in [0.05, 0.1) is 24.5 Å². The Morgan fingerprint density at radius 2 is 1.71 bits per heavy atom. The number of esters is 2. The molecule has 0 bridgehead atoms. The number of nitrogens with two attached hydrogens (primary N) is 1. The van der Waals surface area contributed by atoms with E-state index in [2.05, 4.69) is 15.6 Å². The number of anilines is 1. The van der Waals surface area contributed by atoms with Gasteiger partial charge in [-0.05, 0) is 26.0 Å². The summed E-state index contributed by atoms with van der Waals surface area (Å²) in [4.78, 5) is 48.0. The fourth-order valence-electron chi connectivity index (χ4n) is 2.29. The van der Waals surface area contributed by atoms with Gasteiger partial charge in [0.25, 0.3) is 5.91 Å². The van der Waals surface area contributed by atoms with Crippen LogP contribution in [0.15, 0.2) is 24.3 Å². The standard InChI is InChI=1S/C17H19N5O6/c1-3-27-16(25)13-14(17(26)28-4-2)22(21-20-13)9-12(23)19-11-8-6-5-7-10(11)15(18)24/h5-8H,3-4,9H2,1-2H3,(H2,18,24)(H,19,23). The van der Waals surface area contributed by atoms with Crippen molar-refractivity contribution in [3.8, 4) is 0 Å². The molecule has 0 fully saturated rings. The van der Waals surface area contributed by atoms with E-state index in [9.17, 15) is 19.2 Å². The number of primary amides is 1. The number of carbonyl (C=O) groups excluding carboxylic acids is 4. The zero-order chi connectivity index (χ0) is 20.7. The van der Waals surface area contributed by atoms with E-state index in [1.165, 1.54) is 12.1 Å². The predicted molar refractivity (Wildman–Crippen MR) is 95.5 cm³/mol. The number of hydrogen-bond acceptors (Lipinski definition) is 8. The molecule has 11 heteroatoms. The molecular formula is C17H19N5O6. The van der Waals surface area contributed by atoms with Crippen molar-refractivity contribution >= 4 is 29.4 Å². The van der Waals surface area contributed by atoms with Crippen molar-refractivity contribution in [2.24, 2.45) is 5.73 Å². The smallest absolute Gasteiger partial charge is 0.361 e. The number of para-hydroxylation sites is 1. The third-order valence-electron chi connectivity index (χ3n) is 3.43. The average Bonchev–Trinajstić information content (AvgIpc) is 3.06. The highest BCUT2D eigenvalue weighted by Crippen LogP contribution is 2.15. The molecule has 1 aromatic carbocycles. The number of carbonyl (C=O) groups is 4. The highest BCUT2D eigenvalue weighted by atomic mass is 16.5. The zero-order valence-corrected chi connectivity index (χ0v) is 15.3. The maximum absolute atomic E-state index is 12.4. The van der Waals surface area contributed by atoms with Gasteiger partial charge in [0.15, 0.2) is 5.69 Å². The van der Waals surface area contributed by atoms with Crippen LogP contribution in [0.3, 0.4) is 0 Å². The maximum Gasteiger partial charge on any atom is 0.361 e. The van der Waals surface area contributed by atoms with E-state index in [0.29, 0.717) is 0 Å². The molecule has 148 valence electrons. The van der Waals surface area contributed by atoms with Crippen LogP contribution in [0.25, 0.3) is 0 Å². The van der Waals surface area contributed by atoms with E-state index in [4.69, 9.17) is 15.2 Å². The van der Waals surface area contributed by atoms with Gasteiger partial charge in [0, 0.05) is 0 Å². The normalized spacial score (nSPS) is 10.2. The quantitative estimate of drug-likeness (QED) is 0.613. The molecule has 1 heterocycles. The minimum absolute atomic E-state index is 0.0461. The highest BCUT2D eigenvalue weighted by molar-refractivity contribution is 6.03. The number of nitrogens with zero attached hydrogens (tertiary/aromatic N) is 3. The van der Waals surface area contributed by atoms with Gasteiger partial charge in [-0.3, -0.25) is 9.59 Å². The third kappa shape index (κ3) is 4.69. The maximum atomic E-state index is 12.4. The van der Waals surface area contributed by atoms with Crippen LogP contribution in [0.4, 0.5) is 5.69 Å². The Morgan fingerprint density at radius 3 is 2.36 bits per heavy atom. The zero-order valence-electron chi connectivity index (χ0n) is 15.3. The van der Waals surface area contributed by atoms with Crippen LogP contribution in [0.5, 0.6) is 0 Å².